The third-order valence-electron chi connectivity index (χ3n) is 2.66. The zero-order valence-corrected chi connectivity index (χ0v) is 7.12. The van der Waals surface area contributed by atoms with Crippen molar-refractivity contribution in [3.63, 3.8) is 0 Å². The van der Waals surface area contributed by atoms with E-state index in [0.717, 1.165) is 25.7 Å². The molecule has 12 heavy (non-hydrogen) atoms. The molecule has 1 fully saturated rings. The first-order valence-corrected chi connectivity index (χ1v) is 4.42. The van der Waals surface area contributed by atoms with Gasteiger partial charge in [-0.3, -0.25) is 10.0 Å². The van der Waals surface area contributed by atoms with Gasteiger partial charge in [0.1, 0.15) is 0 Å². The second-order valence-corrected chi connectivity index (χ2v) is 3.43. The summed E-state index contributed by atoms with van der Waals surface area (Å²) in [5.74, 6) is 0.330. The van der Waals surface area contributed by atoms with Gasteiger partial charge in [-0.2, -0.15) is 0 Å². The highest BCUT2D eigenvalue weighted by Crippen LogP contribution is 2.27. The Morgan fingerprint density at radius 2 is 2.00 bits per heavy atom. The number of hydroxylamine groups is 1. The van der Waals surface area contributed by atoms with Crippen LogP contribution in [0.1, 0.15) is 25.7 Å². The van der Waals surface area contributed by atoms with E-state index in [4.69, 9.17) is 10.9 Å². The van der Waals surface area contributed by atoms with Gasteiger partial charge >= 0.3 is 0 Å². The molecule has 0 aromatic heterocycles. The minimum absolute atomic E-state index is 0.00204. The molecule has 0 saturated heterocycles. The van der Waals surface area contributed by atoms with Gasteiger partial charge in [-0.1, -0.05) is 0 Å². The molecule has 4 heteroatoms. The van der Waals surface area contributed by atoms with E-state index < -0.39 is 0 Å². The van der Waals surface area contributed by atoms with E-state index in [0.29, 0.717) is 12.5 Å². The molecule has 4 nitrogen and oxygen atoms in total. The Labute approximate surface area is 72.1 Å². The van der Waals surface area contributed by atoms with Crippen LogP contribution in [0.2, 0.25) is 0 Å². The predicted octanol–water partition coefficient (Wildman–Crippen LogP) is 0.257. The number of hydrogen-bond donors (Lipinski definition) is 3. The van der Waals surface area contributed by atoms with Crippen molar-refractivity contribution in [1.82, 2.24) is 5.48 Å². The molecular formula is C8H16N2O2. The van der Waals surface area contributed by atoms with E-state index in [2.05, 4.69) is 0 Å². The van der Waals surface area contributed by atoms with Crippen molar-refractivity contribution < 1.29 is 10.0 Å². The van der Waals surface area contributed by atoms with Crippen molar-refractivity contribution in [3.05, 3.63) is 0 Å². The smallest absolute Gasteiger partial charge is 0.246 e. The molecule has 0 spiro atoms. The van der Waals surface area contributed by atoms with Crippen LogP contribution in [0.3, 0.4) is 0 Å². The highest BCUT2D eigenvalue weighted by molar-refractivity contribution is 5.77. The number of nitrogens with two attached hydrogens (primary N) is 1. The lowest BCUT2D eigenvalue weighted by Gasteiger charge is -2.25. The number of nitrogens with one attached hydrogen (secondary N) is 1. The summed E-state index contributed by atoms with van der Waals surface area (Å²) in [7, 11) is 0. The van der Waals surface area contributed by atoms with Gasteiger partial charge in [0.15, 0.2) is 0 Å². The molecule has 1 aliphatic rings. The Balaban J connectivity index is 2.30. The quantitative estimate of drug-likeness (QED) is 0.413. The molecular weight excluding hydrogens is 156 g/mol. The molecule has 0 aromatic rings. The van der Waals surface area contributed by atoms with E-state index in [-0.39, 0.29) is 11.8 Å². The maximum Gasteiger partial charge on any atom is 0.246 e. The zero-order valence-electron chi connectivity index (χ0n) is 7.12. The van der Waals surface area contributed by atoms with E-state index in [9.17, 15) is 4.79 Å². The number of amides is 1. The molecule has 0 heterocycles. The standard InChI is InChI=1S/C8H16N2O2/c9-5-6-1-3-7(4-2-6)8(11)10-12/h6-7,12H,1-5,9H2,(H,10,11)/t6-,7-. The summed E-state index contributed by atoms with van der Waals surface area (Å²) < 4.78 is 0. The van der Waals surface area contributed by atoms with Crippen molar-refractivity contribution >= 4 is 5.91 Å². The van der Waals surface area contributed by atoms with Gasteiger partial charge in [-0.15, -0.1) is 0 Å². The van der Waals surface area contributed by atoms with E-state index >= 15 is 0 Å². The highest BCUT2D eigenvalue weighted by Gasteiger charge is 2.24. The lowest BCUT2D eigenvalue weighted by atomic mass is 9.82. The van der Waals surface area contributed by atoms with Crippen LogP contribution in [0, 0.1) is 11.8 Å². The van der Waals surface area contributed by atoms with Crippen LogP contribution in [-0.2, 0) is 4.79 Å². The zero-order chi connectivity index (χ0) is 8.97. The van der Waals surface area contributed by atoms with Crippen LogP contribution in [0.5, 0.6) is 0 Å². The molecule has 70 valence electrons. The fraction of sp³-hybridized carbons (Fsp3) is 0.875. The van der Waals surface area contributed by atoms with Crippen LogP contribution in [0.25, 0.3) is 0 Å². The Morgan fingerprint density at radius 1 is 1.42 bits per heavy atom. The average molecular weight is 172 g/mol. The van der Waals surface area contributed by atoms with E-state index in [1.165, 1.54) is 0 Å². The molecule has 1 aliphatic carbocycles. The topological polar surface area (TPSA) is 75.4 Å². The molecule has 1 rings (SSSR count). The van der Waals surface area contributed by atoms with Crippen LogP contribution < -0.4 is 11.2 Å². The second kappa shape index (κ2) is 4.42. The summed E-state index contributed by atoms with van der Waals surface area (Å²) in [4.78, 5) is 11.0. The van der Waals surface area contributed by atoms with Gasteiger partial charge in [0, 0.05) is 5.92 Å². The molecule has 0 aliphatic heterocycles. The molecule has 0 unspecified atom stereocenters. The summed E-state index contributed by atoms with van der Waals surface area (Å²) in [5.41, 5.74) is 7.20. The van der Waals surface area contributed by atoms with Crippen molar-refractivity contribution in [2.45, 2.75) is 25.7 Å². The van der Waals surface area contributed by atoms with Crippen molar-refractivity contribution in [1.29, 1.82) is 0 Å². The third kappa shape index (κ3) is 2.19. The summed E-state index contributed by atoms with van der Waals surface area (Å²) in [5, 5.41) is 8.39. The molecule has 1 amide bonds. The van der Waals surface area contributed by atoms with Crippen molar-refractivity contribution in [2.24, 2.45) is 17.6 Å². The van der Waals surface area contributed by atoms with Crippen LogP contribution in [-0.4, -0.2) is 17.7 Å². The Hall–Kier alpha value is -0.610. The average Bonchev–Trinajstić information content (AvgIpc) is 2.17. The van der Waals surface area contributed by atoms with Gasteiger partial charge < -0.3 is 5.73 Å². The Morgan fingerprint density at radius 3 is 2.42 bits per heavy atom. The summed E-state index contributed by atoms with van der Waals surface area (Å²) in [6, 6.07) is 0. The third-order valence-corrected chi connectivity index (χ3v) is 2.66. The minimum Gasteiger partial charge on any atom is -0.330 e. The molecule has 0 aromatic carbocycles. The molecule has 0 bridgehead atoms. The maximum absolute atomic E-state index is 11.0. The fourth-order valence-electron chi connectivity index (χ4n) is 1.75. The SMILES string of the molecule is NC[C@H]1CC[C@H](C(=O)NO)CC1. The van der Waals surface area contributed by atoms with Gasteiger partial charge in [0.2, 0.25) is 5.91 Å². The van der Waals surface area contributed by atoms with E-state index in [1.807, 2.05) is 0 Å². The molecule has 1 saturated carbocycles. The minimum atomic E-state index is -0.245. The number of rotatable bonds is 2. The van der Waals surface area contributed by atoms with Gasteiger partial charge in [-0.25, -0.2) is 5.48 Å². The number of carbonyl (C=O) groups excluding carboxylic acids is 1. The van der Waals surface area contributed by atoms with E-state index in [1.54, 1.807) is 5.48 Å². The normalized spacial score (nSPS) is 29.8. The maximum atomic E-state index is 11.0. The molecule has 0 atom stereocenters. The lowest BCUT2D eigenvalue weighted by molar-refractivity contribution is -0.134. The molecule has 0 radical (unpaired) electrons. The van der Waals surface area contributed by atoms with Crippen molar-refractivity contribution in [2.75, 3.05) is 6.54 Å². The first-order valence-electron chi connectivity index (χ1n) is 4.42. The van der Waals surface area contributed by atoms with Gasteiger partial charge in [-0.05, 0) is 38.1 Å². The van der Waals surface area contributed by atoms with Crippen LogP contribution in [0.15, 0.2) is 0 Å². The number of carbonyl (C=O) groups is 1. The largest absolute Gasteiger partial charge is 0.330 e. The lowest BCUT2D eigenvalue weighted by Crippen LogP contribution is -2.32. The summed E-state index contributed by atoms with van der Waals surface area (Å²) in [6.45, 7) is 0.716. The first kappa shape index (κ1) is 9.48. The highest BCUT2D eigenvalue weighted by atomic mass is 16.5. The van der Waals surface area contributed by atoms with Crippen LogP contribution >= 0.6 is 0 Å². The Kier molecular flexibility index (Phi) is 3.49. The first-order chi connectivity index (χ1) is 5.77. The molecule has 4 N–H and O–H groups in total. The van der Waals surface area contributed by atoms with Crippen molar-refractivity contribution in [3.8, 4) is 0 Å². The monoisotopic (exact) mass is 172 g/mol. The van der Waals surface area contributed by atoms with Crippen LogP contribution in [0.4, 0.5) is 0 Å². The predicted molar refractivity (Wildman–Crippen MR) is 44.4 cm³/mol. The summed E-state index contributed by atoms with van der Waals surface area (Å²) in [6.07, 6.45) is 3.73. The van der Waals surface area contributed by atoms with Gasteiger partial charge in [0.25, 0.3) is 0 Å². The second-order valence-electron chi connectivity index (χ2n) is 3.43. The van der Waals surface area contributed by atoms with Gasteiger partial charge in [0.05, 0.1) is 0 Å². The number of hydrogen-bond acceptors (Lipinski definition) is 3. The Bertz CT molecular complexity index is 153. The summed E-state index contributed by atoms with van der Waals surface area (Å²) >= 11 is 0. The fourth-order valence-corrected chi connectivity index (χ4v) is 1.75.